The van der Waals surface area contributed by atoms with Crippen molar-refractivity contribution in [1.29, 1.82) is 0 Å². The van der Waals surface area contributed by atoms with E-state index in [-0.39, 0.29) is 0 Å². The summed E-state index contributed by atoms with van der Waals surface area (Å²) in [4.78, 5) is 23.6. The Bertz CT molecular complexity index is 1440. The third-order valence-corrected chi connectivity index (χ3v) is 8.01. The zero-order valence-corrected chi connectivity index (χ0v) is 22.0. The van der Waals surface area contributed by atoms with Crippen LogP contribution < -0.4 is 4.74 Å². The first-order chi connectivity index (χ1) is 16.4. The molecule has 0 bridgehead atoms. The van der Waals surface area contributed by atoms with E-state index in [1.165, 1.54) is 20.2 Å². The lowest BCUT2D eigenvalue weighted by Crippen LogP contribution is -2.26. The van der Waals surface area contributed by atoms with Gasteiger partial charge in [0.25, 0.3) is 0 Å². The fourth-order valence-corrected chi connectivity index (χ4v) is 5.81. The Balaban J connectivity index is 1.66. The van der Waals surface area contributed by atoms with Crippen LogP contribution in [0.5, 0.6) is 5.75 Å². The number of aryl methyl sites for hydroxylation is 1. The molecule has 1 aliphatic heterocycles. The highest BCUT2D eigenvalue weighted by Gasteiger charge is 2.21. The first-order valence-electron chi connectivity index (χ1n) is 10.8. The van der Waals surface area contributed by atoms with Crippen LogP contribution in [0.4, 0.5) is 0 Å². The zero-order chi connectivity index (χ0) is 24.0. The molecule has 0 saturated heterocycles. The number of aromatic carboxylic acids is 1. The molecule has 0 spiro atoms. The number of fused-ring (bicyclic) bond motifs is 2. The average Bonchev–Trinajstić information content (AvgIpc) is 3.20. The Hall–Kier alpha value is -2.63. The van der Waals surface area contributed by atoms with Gasteiger partial charge in [-0.05, 0) is 60.8 Å². The maximum atomic E-state index is 11.5. The Morgan fingerprint density at radius 3 is 2.76 bits per heavy atom. The van der Waals surface area contributed by atoms with E-state index in [0.717, 1.165) is 58.8 Å². The summed E-state index contributed by atoms with van der Waals surface area (Å²) in [5.74, 6) is -0.0358. The molecule has 9 heteroatoms. The van der Waals surface area contributed by atoms with E-state index >= 15 is 0 Å². The van der Waals surface area contributed by atoms with Crippen molar-refractivity contribution in [3.05, 3.63) is 65.0 Å². The number of hydrogen-bond donors (Lipinski definition) is 1. The van der Waals surface area contributed by atoms with E-state index < -0.39 is 5.97 Å². The topological polar surface area (TPSA) is 80.5 Å². The number of benzene rings is 2. The molecular weight excluding hydrogens is 563 g/mol. The number of rotatable bonds is 5. The molecule has 174 valence electrons. The molecule has 5 rings (SSSR count). The Morgan fingerprint density at radius 2 is 2.06 bits per heavy atom. The molecule has 3 heterocycles. The van der Waals surface area contributed by atoms with Crippen molar-refractivity contribution in [2.75, 3.05) is 20.7 Å². The average molecular weight is 586 g/mol. The van der Waals surface area contributed by atoms with Crippen LogP contribution in [-0.4, -0.2) is 50.6 Å². The van der Waals surface area contributed by atoms with Gasteiger partial charge in [0.2, 0.25) is 0 Å². The van der Waals surface area contributed by atoms with Crippen molar-refractivity contribution in [2.45, 2.75) is 19.9 Å². The fraction of sp³-hybridized carbons (Fsp3) is 0.240. The molecule has 1 N–H and O–H groups in total. The Morgan fingerprint density at radius 1 is 1.24 bits per heavy atom. The summed E-state index contributed by atoms with van der Waals surface area (Å²) in [6.45, 7) is 3.70. The van der Waals surface area contributed by atoms with E-state index in [2.05, 4.69) is 45.3 Å². The normalized spacial score (nSPS) is 13.8. The number of ether oxygens (including phenoxy) is 1. The van der Waals surface area contributed by atoms with Crippen molar-refractivity contribution in [3.63, 3.8) is 0 Å². The minimum Gasteiger partial charge on any atom is -0.496 e. The van der Waals surface area contributed by atoms with Crippen LogP contribution >= 0.6 is 30.3 Å². The van der Waals surface area contributed by atoms with Gasteiger partial charge in [-0.1, -0.05) is 12.1 Å². The summed E-state index contributed by atoms with van der Waals surface area (Å²) in [5, 5.41) is 9.40. The lowest BCUT2D eigenvalue weighted by Gasteiger charge is -2.27. The summed E-state index contributed by atoms with van der Waals surface area (Å²) < 4.78 is 7.71. The standard InChI is InChI=1S/C25H23IN4O3S/c1-14-8-15(4-5-18(14)25(31)32)20-13-30(34-26)24-23(20)28-21(11-27-24)16-9-17-12-29(2)7-6-19(17)22(10-16)33-3/h4-5,8-11,13H,6-7,12H2,1-3H3,(H,31,32). The summed E-state index contributed by atoms with van der Waals surface area (Å²) in [6.07, 6.45) is 4.77. The highest BCUT2D eigenvalue weighted by molar-refractivity contribution is 14.2. The van der Waals surface area contributed by atoms with Gasteiger partial charge in [-0.15, -0.1) is 0 Å². The molecular formula is C25H23IN4O3S. The van der Waals surface area contributed by atoms with Gasteiger partial charge in [-0.2, -0.15) is 0 Å². The van der Waals surface area contributed by atoms with Gasteiger partial charge in [0.05, 0.1) is 24.6 Å². The number of likely N-dealkylation sites (N-methyl/N-ethyl adjacent to an activating group) is 1. The van der Waals surface area contributed by atoms with Gasteiger partial charge >= 0.3 is 5.97 Å². The molecule has 0 amide bonds. The molecule has 4 aromatic rings. The summed E-state index contributed by atoms with van der Waals surface area (Å²) in [7, 11) is 5.36. The van der Waals surface area contributed by atoms with Crippen LogP contribution in [0.15, 0.2) is 42.7 Å². The minimum atomic E-state index is -0.927. The SMILES string of the molecule is COc1cc(-c2cnc3c(n2)c(-c2ccc(C(=O)O)c(C)c2)cn3SI)cc2c1CCN(C)C2. The highest BCUT2D eigenvalue weighted by Crippen LogP contribution is 2.37. The molecule has 1 aliphatic rings. The van der Waals surface area contributed by atoms with Crippen molar-refractivity contribution in [1.82, 2.24) is 18.8 Å². The van der Waals surface area contributed by atoms with Gasteiger partial charge in [0.15, 0.2) is 5.65 Å². The van der Waals surface area contributed by atoms with Crippen molar-refractivity contribution in [3.8, 4) is 28.1 Å². The fourth-order valence-electron chi connectivity index (χ4n) is 4.57. The van der Waals surface area contributed by atoms with E-state index in [9.17, 15) is 9.90 Å². The summed E-state index contributed by atoms with van der Waals surface area (Å²) in [5.41, 5.74) is 8.64. The van der Waals surface area contributed by atoms with Crippen LogP contribution in [-0.2, 0) is 13.0 Å². The first kappa shape index (κ1) is 23.1. The Kier molecular flexibility index (Phi) is 6.26. The smallest absolute Gasteiger partial charge is 0.335 e. The van der Waals surface area contributed by atoms with Crippen LogP contribution in [0.25, 0.3) is 33.5 Å². The molecule has 0 aliphatic carbocycles. The van der Waals surface area contributed by atoms with Crippen LogP contribution in [0.2, 0.25) is 0 Å². The maximum absolute atomic E-state index is 11.5. The number of aromatic nitrogens is 3. The number of carboxylic acid groups (broad SMARTS) is 1. The molecule has 0 radical (unpaired) electrons. The van der Waals surface area contributed by atoms with Crippen LogP contribution in [0.3, 0.4) is 0 Å². The number of hydrogen-bond acceptors (Lipinski definition) is 6. The van der Waals surface area contributed by atoms with Gasteiger partial charge in [0.1, 0.15) is 11.3 Å². The molecule has 0 atom stereocenters. The van der Waals surface area contributed by atoms with Gasteiger partial charge in [-0.3, -0.25) is 3.97 Å². The molecule has 34 heavy (non-hydrogen) atoms. The van der Waals surface area contributed by atoms with E-state index in [1.54, 1.807) is 13.2 Å². The van der Waals surface area contributed by atoms with Crippen molar-refractivity contribution in [2.24, 2.45) is 0 Å². The molecule has 7 nitrogen and oxygen atoms in total. The van der Waals surface area contributed by atoms with E-state index in [1.807, 2.05) is 35.4 Å². The zero-order valence-electron chi connectivity index (χ0n) is 19.0. The number of halogens is 1. The van der Waals surface area contributed by atoms with Gasteiger partial charge in [0, 0.05) is 60.7 Å². The van der Waals surface area contributed by atoms with Crippen molar-refractivity contribution >= 4 is 47.5 Å². The van der Waals surface area contributed by atoms with E-state index in [4.69, 9.17) is 14.7 Å². The lowest BCUT2D eigenvalue weighted by molar-refractivity contribution is 0.0696. The monoisotopic (exact) mass is 586 g/mol. The highest BCUT2D eigenvalue weighted by atomic mass is 127. The summed E-state index contributed by atoms with van der Waals surface area (Å²) in [6, 6.07) is 9.62. The lowest BCUT2D eigenvalue weighted by atomic mass is 9.95. The van der Waals surface area contributed by atoms with Gasteiger partial charge < -0.3 is 14.7 Å². The number of carbonyl (C=O) groups is 1. The third-order valence-electron chi connectivity index (χ3n) is 6.31. The largest absolute Gasteiger partial charge is 0.496 e. The maximum Gasteiger partial charge on any atom is 0.335 e. The van der Waals surface area contributed by atoms with Crippen LogP contribution in [0, 0.1) is 6.92 Å². The third kappa shape index (κ3) is 4.05. The Labute approximate surface area is 213 Å². The van der Waals surface area contributed by atoms with Crippen LogP contribution in [0.1, 0.15) is 27.0 Å². The molecule has 2 aromatic carbocycles. The summed E-state index contributed by atoms with van der Waals surface area (Å²) >= 11 is 2.22. The minimum absolute atomic E-state index is 0.300. The van der Waals surface area contributed by atoms with Crippen molar-refractivity contribution < 1.29 is 14.6 Å². The predicted octanol–water partition coefficient (Wildman–Crippen LogP) is 5.61. The number of methoxy groups -OCH3 is 1. The quantitative estimate of drug-likeness (QED) is 0.305. The predicted molar refractivity (Wildman–Crippen MR) is 144 cm³/mol. The second-order valence-corrected chi connectivity index (χ2v) is 10.2. The molecule has 2 aromatic heterocycles. The van der Waals surface area contributed by atoms with Gasteiger partial charge in [-0.25, -0.2) is 14.8 Å². The number of carboxylic acids is 1. The first-order valence-corrected chi connectivity index (χ1v) is 14.1. The van der Waals surface area contributed by atoms with E-state index in [0.29, 0.717) is 11.1 Å². The molecule has 0 fully saturated rings. The number of nitrogens with zero attached hydrogens (tertiary/aromatic N) is 4. The molecule has 0 saturated carbocycles. The second kappa shape index (κ2) is 9.20. The second-order valence-electron chi connectivity index (χ2n) is 8.50. The molecule has 0 unspecified atom stereocenters.